The highest BCUT2D eigenvalue weighted by atomic mass is 16.6. The molecule has 0 radical (unpaired) electrons. The summed E-state index contributed by atoms with van der Waals surface area (Å²) in [4.78, 5) is 84.9. The molecule has 0 bridgehead atoms. The summed E-state index contributed by atoms with van der Waals surface area (Å²) < 4.78 is 21.7. The molecule has 7 amide bonds. The normalized spacial score (nSPS) is 13.5. The molecular formula is C34H60N6O11. The van der Waals surface area contributed by atoms with Gasteiger partial charge in [0.1, 0.15) is 6.04 Å². The first kappa shape index (κ1) is 47.1. The minimum Gasteiger partial charge on any atom is -0.379 e. The maximum absolute atomic E-state index is 13.0. The summed E-state index contributed by atoms with van der Waals surface area (Å²) in [5.74, 6) is -2.63. The summed E-state index contributed by atoms with van der Waals surface area (Å²) >= 11 is 0. The van der Waals surface area contributed by atoms with E-state index in [0.29, 0.717) is 52.4 Å². The summed E-state index contributed by atoms with van der Waals surface area (Å²) in [7, 11) is 0. The Labute approximate surface area is 301 Å². The molecule has 0 fully saturated rings. The fourth-order valence-corrected chi connectivity index (χ4v) is 4.39. The van der Waals surface area contributed by atoms with Gasteiger partial charge in [0.25, 0.3) is 11.8 Å². The van der Waals surface area contributed by atoms with Gasteiger partial charge in [0.05, 0.1) is 58.9 Å². The Morgan fingerprint density at radius 2 is 1.24 bits per heavy atom. The van der Waals surface area contributed by atoms with Crippen molar-refractivity contribution in [3.8, 4) is 0 Å². The van der Waals surface area contributed by atoms with Crippen LogP contribution in [-0.2, 0) is 47.7 Å². The molecule has 0 aromatic rings. The minimum atomic E-state index is -0.844. The molecule has 292 valence electrons. The molecule has 0 aliphatic carbocycles. The van der Waals surface area contributed by atoms with Crippen LogP contribution in [0.15, 0.2) is 12.2 Å². The Balaban J connectivity index is 0.0000123. The second-order valence-corrected chi connectivity index (χ2v) is 11.8. The van der Waals surface area contributed by atoms with Gasteiger partial charge in [0.15, 0.2) is 5.78 Å². The lowest BCUT2D eigenvalue weighted by Crippen LogP contribution is -2.54. The predicted octanol–water partition coefficient (Wildman–Crippen LogP) is 0.200. The number of amides is 7. The van der Waals surface area contributed by atoms with E-state index in [2.05, 4.69) is 21.3 Å². The maximum atomic E-state index is 13.0. The van der Waals surface area contributed by atoms with Gasteiger partial charge in [-0.15, -0.1) is 0 Å². The lowest BCUT2D eigenvalue weighted by atomic mass is 9.96. The molecule has 0 saturated carbocycles. The third-order valence-electron chi connectivity index (χ3n) is 7.08. The zero-order valence-electron chi connectivity index (χ0n) is 31.1. The molecule has 1 aliphatic heterocycles. The van der Waals surface area contributed by atoms with E-state index in [1.807, 2.05) is 13.8 Å². The number of urea groups is 1. The van der Waals surface area contributed by atoms with Crippen molar-refractivity contribution in [2.45, 2.75) is 79.3 Å². The van der Waals surface area contributed by atoms with E-state index in [1.165, 1.54) is 12.2 Å². The van der Waals surface area contributed by atoms with Crippen LogP contribution in [0.3, 0.4) is 0 Å². The maximum Gasteiger partial charge on any atom is 0.312 e. The molecule has 1 aliphatic rings. The second kappa shape index (κ2) is 28.7. The summed E-state index contributed by atoms with van der Waals surface area (Å²) in [6.45, 7) is 14.0. The van der Waals surface area contributed by atoms with Crippen LogP contribution < -0.4 is 27.0 Å². The number of imide groups is 1. The van der Waals surface area contributed by atoms with E-state index in [4.69, 9.17) is 24.7 Å². The number of nitrogens with one attached hydrogen (secondary N) is 4. The van der Waals surface area contributed by atoms with Crippen molar-refractivity contribution < 1.29 is 52.5 Å². The van der Waals surface area contributed by atoms with Gasteiger partial charge >= 0.3 is 6.03 Å². The summed E-state index contributed by atoms with van der Waals surface area (Å²) in [6.07, 6.45) is 3.17. The molecule has 0 aromatic heterocycles. The summed E-state index contributed by atoms with van der Waals surface area (Å²) in [5.41, 5.74) is 5.07. The molecule has 2 atom stereocenters. The zero-order chi connectivity index (χ0) is 38.6. The van der Waals surface area contributed by atoms with E-state index in [1.54, 1.807) is 27.7 Å². The number of ketones is 1. The molecule has 6 N–H and O–H groups in total. The minimum absolute atomic E-state index is 0.0220. The van der Waals surface area contributed by atoms with Crippen LogP contribution in [0, 0.1) is 11.8 Å². The van der Waals surface area contributed by atoms with Crippen molar-refractivity contribution in [1.29, 1.82) is 0 Å². The van der Waals surface area contributed by atoms with Crippen molar-refractivity contribution in [1.82, 2.24) is 26.2 Å². The zero-order valence-corrected chi connectivity index (χ0v) is 31.1. The highest BCUT2D eigenvalue weighted by Crippen LogP contribution is 2.09. The number of hydrogen-bond donors (Lipinski definition) is 5. The number of nitrogens with two attached hydrogens (primary N) is 1. The van der Waals surface area contributed by atoms with E-state index < -0.39 is 35.8 Å². The quantitative estimate of drug-likeness (QED) is 0.0539. The van der Waals surface area contributed by atoms with Crippen LogP contribution in [0.4, 0.5) is 4.79 Å². The predicted molar refractivity (Wildman–Crippen MR) is 188 cm³/mol. The SMILES string of the molecule is CC.CC(C)C(=O)[C@H](CCCNC(N)=O)NC(=O)C(NC(=O)CCOCCOCCOCCOCCNC(=O)CCN1C(=O)C=CC1=O)C(C)C. The first-order valence-corrected chi connectivity index (χ1v) is 17.6. The topological polar surface area (TPSA) is 234 Å². The molecule has 1 rings (SSSR count). The Morgan fingerprint density at radius 3 is 1.75 bits per heavy atom. The largest absolute Gasteiger partial charge is 0.379 e. The average molecular weight is 729 g/mol. The third kappa shape index (κ3) is 22.5. The first-order valence-electron chi connectivity index (χ1n) is 17.6. The fraction of sp³-hybridized carbons (Fsp3) is 0.735. The van der Waals surface area contributed by atoms with Gasteiger partial charge in [-0.05, 0) is 18.8 Å². The molecular weight excluding hydrogens is 668 g/mol. The van der Waals surface area contributed by atoms with Gasteiger partial charge in [0.2, 0.25) is 17.7 Å². The molecule has 0 aromatic carbocycles. The number of carbonyl (C=O) groups excluding carboxylic acids is 7. The molecule has 51 heavy (non-hydrogen) atoms. The van der Waals surface area contributed by atoms with Gasteiger partial charge in [-0.2, -0.15) is 0 Å². The van der Waals surface area contributed by atoms with Crippen molar-refractivity contribution >= 4 is 41.4 Å². The van der Waals surface area contributed by atoms with Gasteiger partial charge in [-0.1, -0.05) is 41.5 Å². The highest BCUT2D eigenvalue weighted by molar-refractivity contribution is 6.13. The molecule has 0 saturated heterocycles. The molecule has 17 nitrogen and oxygen atoms in total. The second-order valence-electron chi connectivity index (χ2n) is 11.8. The number of hydrogen-bond acceptors (Lipinski definition) is 11. The first-order chi connectivity index (χ1) is 24.3. The van der Waals surface area contributed by atoms with Crippen molar-refractivity contribution in [2.75, 3.05) is 72.5 Å². The standard InChI is InChI=1S/C32H54N6O11.C2H6/c1-22(2)29(31(44)36-24(30(43)23(3)4)6-5-11-35-32(33)45)37-26(40)10-14-46-16-18-48-20-21-49-19-17-47-15-12-34-25(39)9-13-38-27(41)7-8-28(38)42;1-2/h7-8,22-24,29H,5-6,9-21H2,1-4H3,(H,34,39)(H,36,44)(H,37,40)(H3,33,35,45);1-2H3/t24-,29?;/m0./s1. The molecule has 0 spiro atoms. The van der Waals surface area contributed by atoms with Crippen LogP contribution in [0.2, 0.25) is 0 Å². The number of carbonyl (C=O) groups is 7. The lowest BCUT2D eigenvalue weighted by Gasteiger charge is -2.26. The molecule has 1 heterocycles. The number of nitrogens with zero attached hydrogens (tertiary/aromatic N) is 1. The Morgan fingerprint density at radius 1 is 0.706 bits per heavy atom. The van der Waals surface area contributed by atoms with Crippen molar-refractivity contribution in [3.63, 3.8) is 0 Å². The van der Waals surface area contributed by atoms with Crippen LogP contribution in [0.5, 0.6) is 0 Å². The summed E-state index contributed by atoms with van der Waals surface area (Å²) in [5, 5.41) is 10.6. The van der Waals surface area contributed by atoms with Gasteiger partial charge in [-0.3, -0.25) is 33.7 Å². The fourth-order valence-electron chi connectivity index (χ4n) is 4.39. The molecule has 17 heteroatoms. The van der Waals surface area contributed by atoms with Crippen LogP contribution in [0.25, 0.3) is 0 Å². The van der Waals surface area contributed by atoms with Gasteiger partial charge in [-0.25, -0.2) is 4.79 Å². The number of rotatable bonds is 28. The molecule has 1 unspecified atom stereocenters. The number of Topliss-reactive ketones (excluding diaryl/α,β-unsaturated/α-hetero) is 1. The Hall–Kier alpha value is -3.93. The van der Waals surface area contributed by atoms with E-state index >= 15 is 0 Å². The van der Waals surface area contributed by atoms with E-state index in [9.17, 15) is 33.6 Å². The number of primary amides is 1. The van der Waals surface area contributed by atoms with E-state index in [0.717, 1.165) is 4.90 Å². The van der Waals surface area contributed by atoms with Crippen molar-refractivity contribution in [3.05, 3.63) is 12.2 Å². The third-order valence-corrected chi connectivity index (χ3v) is 7.08. The lowest BCUT2D eigenvalue weighted by molar-refractivity contribution is -0.137. The monoisotopic (exact) mass is 728 g/mol. The van der Waals surface area contributed by atoms with Crippen molar-refractivity contribution in [2.24, 2.45) is 17.6 Å². The smallest absolute Gasteiger partial charge is 0.312 e. The number of ether oxygens (including phenoxy) is 4. The summed E-state index contributed by atoms with van der Waals surface area (Å²) in [6, 6.07) is -2.26. The van der Waals surface area contributed by atoms with Crippen LogP contribution >= 0.6 is 0 Å². The van der Waals surface area contributed by atoms with Crippen LogP contribution in [0.1, 0.15) is 67.2 Å². The Bertz CT molecular complexity index is 1100. The Kier molecular flexibility index (Phi) is 26.5. The van der Waals surface area contributed by atoms with Gasteiger partial charge in [0, 0.05) is 50.5 Å². The van der Waals surface area contributed by atoms with Crippen LogP contribution in [-0.4, -0.2) is 131 Å². The van der Waals surface area contributed by atoms with E-state index in [-0.39, 0.29) is 75.2 Å². The average Bonchev–Trinajstić information content (AvgIpc) is 3.41. The highest BCUT2D eigenvalue weighted by Gasteiger charge is 2.29. The van der Waals surface area contributed by atoms with Gasteiger partial charge < -0.3 is 45.9 Å².